The van der Waals surface area contributed by atoms with E-state index in [0.29, 0.717) is 16.5 Å². The Morgan fingerprint density at radius 3 is 2.04 bits per heavy atom. The van der Waals surface area contributed by atoms with Crippen LogP contribution in [-0.2, 0) is 0 Å². The predicted octanol–water partition coefficient (Wildman–Crippen LogP) is 7.03. The summed E-state index contributed by atoms with van der Waals surface area (Å²) in [7, 11) is 0. The van der Waals surface area contributed by atoms with Gasteiger partial charge < -0.3 is 5.32 Å². The highest BCUT2D eigenvalue weighted by Gasteiger charge is 2.18. The Kier molecular flexibility index (Phi) is 6.48. The van der Waals surface area contributed by atoms with Crippen LogP contribution in [0.3, 0.4) is 0 Å². The van der Waals surface area contributed by atoms with E-state index in [1.165, 1.54) is 17.7 Å². The second-order valence-electron chi connectivity index (χ2n) is 7.16. The number of carbonyl (C=O) groups excluding carboxylic acids is 1. The van der Waals surface area contributed by atoms with Crippen molar-refractivity contribution < 1.29 is 9.18 Å². The Morgan fingerprint density at radius 2 is 1.46 bits per heavy atom. The first-order valence-corrected chi connectivity index (χ1v) is 9.71. The lowest BCUT2D eigenvalue weighted by atomic mass is 9.95. The van der Waals surface area contributed by atoms with Crippen molar-refractivity contribution in [3.63, 3.8) is 0 Å². The zero-order valence-electron chi connectivity index (χ0n) is 16.0. The summed E-state index contributed by atoms with van der Waals surface area (Å²) in [5.74, 6) is 0.165. The van der Waals surface area contributed by atoms with Crippen LogP contribution >= 0.6 is 11.6 Å². The zero-order chi connectivity index (χ0) is 20.1. The minimum atomic E-state index is -0.291. The zero-order valence-corrected chi connectivity index (χ0v) is 16.7. The van der Waals surface area contributed by atoms with Crippen LogP contribution in [0.2, 0.25) is 5.02 Å². The van der Waals surface area contributed by atoms with Gasteiger partial charge in [-0.05, 0) is 65.6 Å². The Morgan fingerprint density at radius 1 is 0.893 bits per heavy atom. The van der Waals surface area contributed by atoms with E-state index < -0.39 is 0 Å². The molecule has 3 aromatic rings. The molecule has 0 amide bonds. The van der Waals surface area contributed by atoms with Crippen LogP contribution in [0.25, 0.3) is 0 Å². The van der Waals surface area contributed by atoms with Gasteiger partial charge in [-0.1, -0.05) is 49.7 Å². The molecule has 28 heavy (non-hydrogen) atoms. The van der Waals surface area contributed by atoms with Gasteiger partial charge in [-0.2, -0.15) is 0 Å². The quantitative estimate of drug-likeness (QED) is 0.435. The van der Waals surface area contributed by atoms with Crippen molar-refractivity contribution in [3.8, 4) is 0 Å². The largest absolute Gasteiger partial charge is 0.378 e. The number of hydrogen-bond acceptors (Lipinski definition) is 2. The Bertz CT molecular complexity index is 918. The summed E-state index contributed by atoms with van der Waals surface area (Å²) in [5, 5.41) is 3.97. The normalized spacial score (nSPS) is 12.0. The minimum Gasteiger partial charge on any atom is -0.378 e. The van der Waals surface area contributed by atoms with Crippen molar-refractivity contribution in [2.45, 2.75) is 32.2 Å². The van der Waals surface area contributed by atoms with E-state index >= 15 is 0 Å². The molecule has 1 N–H and O–H groups in total. The SMILES string of the molecule is CC(C)c1ccc(C(CC(=O)c2ccc(Cl)cc2)Nc2ccc(F)cc2)cc1. The molecule has 1 atom stereocenters. The molecule has 0 aliphatic rings. The highest BCUT2D eigenvalue weighted by atomic mass is 35.5. The number of Topliss-reactive ketones (excluding diaryl/α,β-unsaturated/α-hetero) is 1. The molecule has 0 spiro atoms. The Balaban J connectivity index is 1.85. The first-order valence-electron chi connectivity index (χ1n) is 9.33. The first kappa shape index (κ1) is 20.1. The van der Waals surface area contributed by atoms with Crippen molar-refractivity contribution in [1.29, 1.82) is 0 Å². The van der Waals surface area contributed by atoms with E-state index in [0.717, 1.165) is 11.3 Å². The molecule has 0 bridgehead atoms. The lowest BCUT2D eigenvalue weighted by Gasteiger charge is -2.21. The topological polar surface area (TPSA) is 29.1 Å². The molecule has 0 aromatic heterocycles. The van der Waals surface area contributed by atoms with E-state index in [1.54, 1.807) is 36.4 Å². The maximum atomic E-state index is 13.2. The van der Waals surface area contributed by atoms with Gasteiger partial charge in [-0.3, -0.25) is 4.79 Å². The molecule has 3 rings (SSSR count). The van der Waals surface area contributed by atoms with Crippen LogP contribution < -0.4 is 5.32 Å². The van der Waals surface area contributed by atoms with E-state index in [9.17, 15) is 9.18 Å². The molecule has 0 saturated heterocycles. The van der Waals surface area contributed by atoms with Crippen molar-refractivity contribution in [3.05, 3.63) is 100 Å². The molecule has 3 aromatic carbocycles. The summed E-state index contributed by atoms with van der Waals surface area (Å²) in [6.45, 7) is 4.29. The van der Waals surface area contributed by atoms with Crippen molar-refractivity contribution >= 4 is 23.1 Å². The van der Waals surface area contributed by atoms with Gasteiger partial charge in [0.05, 0.1) is 6.04 Å². The molecule has 1 unspecified atom stereocenters. The Hall–Kier alpha value is -2.65. The number of ketones is 1. The summed E-state index contributed by atoms with van der Waals surface area (Å²) >= 11 is 5.92. The van der Waals surface area contributed by atoms with E-state index in [-0.39, 0.29) is 24.1 Å². The molecule has 0 aliphatic carbocycles. The monoisotopic (exact) mass is 395 g/mol. The van der Waals surface area contributed by atoms with Gasteiger partial charge in [0, 0.05) is 22.7 Å². The number of rotatable bonds is 7. The van der Waals surface area contributed by atoms with Gasteiger partial charge in [0.25, 0.3) is 0 Å². The third-order valence-electron chi connectivity index (χ3n) is 4.75. The standard InChI is InChI=1S/C24H23ClFNO/c1-16(2)17-3-5-18(6-4-17)23(27-22-13-11-21(26)12-14-22)15-24(28)19-7-9-20(25)10-8-19/h3-14,16,23,27H,15H2,1-2H3. The number of nitrogens with one attached hydrogen (secondary N) is 1. The first-order chi connectivity index (χ1) is 13.4. The molecule has 0 aliphatic heterocycles. The summed E-state index contributed by atoms with van der Waals surface area (Å²) in [6, 6.07) is 21.1. The third-order valence-corrected chi connectivity index (χ3v) is 5.00. The molecule has 0 saturated carbocycles. The summed E-state index contributed by atoms with van der Waals surface area (Å²) in [6.07, 6.45) is 0.278. The van der Waals surface area contributed by atoms with Crippen LogP contribution in [0.1, 0.15) is 53.7 Å². The predicted molar refractivity (Wildman–Crippen MR) is 114 cm³/mol. The maximum absolute atomic E-state index is 13.2. The number of anilines is 1. The van der Waals surface area contributed by atoms with Crippen LogP contribution in [-0.4, -0.2) is 5.78 Å². The molecule has 0 fully saturated rings. The van der Waals surface area contributed by atoms with Crippen molar-refractivity contribution in [2.75, 3.05) is 5.32 Å². The van der Waals surface area contributed by atoms with Crippen LogP contribution in [0, 0.1) is 5.82 Å². The molecule has 0 heterocycles. The number of hydrogen-bond donors (Lipinski definition) is 1. The lowest BCUT2D eigenvalue weighted by molar-refractivity contribution is 0.0976. The smallest absolute Gasteiger partial charge is 0.165 e. The molecular formula is C24H23ClFNO. The highest BCUT2D eigenvalue weighted by Crippen LogP contribution is 2.27. The molecule has 2 nitrogen and oxygen atoms in total. The molecule has 4 heteroatoms. The van der Waals surface area contributed by atoms with Gasteiger partial charge in [0.2, 0.25) is 0 Å². The number of carbonyl (C=O) groups is 1. The second kappa shape index (κ2) is 9.03. The fourth-order valence-electron chi connectivity index (χ4n) is 3.05. The average Bonchev–Trinajstić information content (AvgIpc) is 2.69. The van der Waals surface area contributed by atoms with Crippen LogP contribution in [0.15, 0.2) is 72.8 Å². The van der Waals surface area contributed by atoms with Crippen LogP contribution in [0.5, 0.6) is 0 Å². The minimum absolute atomic E-state index is 0.0178. The van der Waals surface area contributed by atoms with Crippen molar-refractivity contribution in [1.82, 2.24) is 0 Å². The fraction of sp³-hybridized carbons (Fsp3) is 0.208. The van der Waals surface area contributed by atoms with Crippen molar-refractivity contribution in [2.24, 2.45) is 0 Å². The van der Waals surface area contributed by atoms with Gasteiger partial charge >= 0.3 is 0 Å². The van der Waals surface area contributed by atoms with Gasteiger partial charge in [0.15, 0.2) is 5.78 Å². The average molecular weight is 396 g/mol. The van der Waals surface area contributed by atoms with E-state index in [2.05, 4.69) is 31.3 Å². The van der Waals surface area contributed by atoms with Crippen LogP contribution in [0.4, 0.5) is 10.1 Å². The van der Waals surface area contributed by atoms with E-state index in [4.69, 9.17) is 11.6 Å². The molecule has 0 radical (unpaired) electrons. The highest BCUT2D eigenvalue weighted by molar-refractivity contribution is 6.30. The summed E-state index contributed by atoms with van der Waals surface area (Å²) in [4.78, 5) is 12.8. The third kappa shape index (κ3) is 5.20. The van der Waals surface area contributed by atoms with Gasteiger partial charge in [-0.15, -0.1) is 0 Å². The maximum Gasteiger partial charge on any atom is 0.165 e. The summed E-state index contributed by atoms with van der Waals surface area (Å²) < 4.78 is 13.2. The summed E-state index contributed by atoms with van der Waals surface area (Å²) in [5.41, 5.74) is 3.64. The lowest BCUT2D eigenvalue weighted by Crippen LogP contribution is -2.16. The molecule has 144 valence electrons. The van der Waals surface area contributed by atoms with Gasteiger partial charge in [0.1, 0.15) is 5.82 Å². The second-order valence-corrected chi connectivity index (χ2v) is 7.60. The van der Waals surface area contributed by atoms with E-state index in [1.807, 2.05) is 12.1 Å². The number of halogens is 2. The molecular weight excluding hydrogens is 373 g/mol. The van der Waals surface area contributed by atoms with Gasteiger partial charge in [-0.25, -0.2) is 4.39 Å². The Labute approximate surface area is 170 Å². The fourth-order valence-corrected chi connectivity index (χ4v) is 3.18. The number of benzene rings is 3.